The highest BCUT2D eigenvalue weighted by Gasteiger charge is 2.53. The maximum absolute atomic E-state index is 12.6. The summed E-state index contributed by atoms with van der Waals surface area (Å²) in [6.45, 7) is 5.89. The van der Waals surface area contributed by atoms with Crippen LogP contribution in [0.5, 0.6) is 0 Å². The van der Waals surface area contributed by atoms with Gasteiger partial charge >= 0.3 is 5.97 Å². The van der Waals surface area contributed by atoms with Crippen molar-refractivity contribution in [2.24, 2.45) is 17.3 Å². The number of hydrogen-bond acceptors (Lipinski definition) is 2. The van der Waals surface area contributed by atoms with Crippen molar-refractivity contribution in [1.82, 2.24) is 4.90 Å². The van der Waals surface area contributed by atoms with Gasteiger partial charge in [0, 0.05) is 19.5 Å². The van der Waals surface area contributed by atoms with Gasteiger partial charge in [0.15, 0.2) is 0 Å². The molecule has 0 bridgehead atoms. The number of rotatable bonds is 5. The van der Waals surface area contributed by atoms with E-state index in [1.54, 1.807) is 0 Å². The van der Waals surface area contributed by atoms with E-state index in [-0.39, 0.29) is 11.8 Å². The van der Waals surface area contributed by atoms with Gasteiger partial charge in [0.1, 0.15) is 0 Å². The number of carboxylic acid groups (broad SMARTS) is 1. The van der Waals surface area contributed by atoms with Crippen LogP contribution in [0.1, 0.15) is 52.4 Å². The normalized spacial score (nSPS) is 25.4. The van der Waals surface area contributed by atoms with Gasteiger partial charge in [0.05, 0.1) is 5.41 Å². The Hall–Kier alpha value is -1.06. The summed E-state index contributed by atoms with van der Waals surface area (Å²) in [6.07, 6.45) is 5.06. The van der Waals surface area contributed by atoms with Crippen LogP contribution in [0.15, 0.2) is 0 Å². The number of likely N-dealkylation sites (tertiary alicyclic amines) is 1. The lowest BCUT2D eigenvalue weighted by Gasteiger charge is -2.36. The molecule has 1 amide bonds. The molecule has 1 saturated heterocycles. The Bertz CT molecular complexity index is 360. The van der Waals surface area contributed by atoms with Crippen LogP contribution in [0.25, 0.3) is 0 Å². The Balaban J connectivity index is 1.90. The molecule has 0 radical (unpaired) electrons. The second-order valence-electron chi connectivity index (χ2n) is 6.50. The second kappa shape index (κ2) is 5.51. The molecule has 19 heavy (non-hydrogen) atoms. The first kappa shape index (κ1) is 14.4. The molecule has 1 saturated carbocycles. The third-order valence-electron chi connectivity index (χ3n) is 4.89. The monoisotopic (exact) mass is 267 g/mol. The lowest BCUT2D eigenvalue weighted by molar-refractivity contribution is -0.140. The van der Waals surface area contributed by atoms with E-state index in [9.17, 15) is 9.59 Å². The first-order valence-corrected chi connectivity index (χ1v) is 7.47. The van der Waals surface area contributed by atoms with Crippen LogP contribution in [0.2, 0.25) is 0 Å². The topological polar surface area (TPSA) is 57.6 Å². The van der Waals surface area contributed by atoms with Crippen molar-refractivity contribution in [3.8, 4) is 0 Å². The predicted molar refractivity (Wildman–Crippen MR) is 72.7 cm³/mol. The fourth-order valence-corrected chi connectivity index (χ4v) is 3.30. The zero-order chi connectivity index (χ0) is 14.0. The van der Waals surface area contributed by atoms with Gasteiger partial charge in [-0.2, -0.15) is 0 Å². The van der Waals surface area contributed by atoms with E-state index in [0.29, 0.717) is 24.2 Å². The number of carbonyl (C=O) groups excluding carboxylic acids is 1. The van der Waals surface area contributed by atoms with Gasteiger partial charge in [0.25, 0.3) is 0 Å². The Morgan fingerprint density at radius 2 is 2.05 bits per heavy atom. The summed E-state index contributed by atoms with van der Waals surface area (Å²) in [5.41, 5.74) is -0.0886. The minimum Gasteiger partial charge on any atom is -0.481 e. The highest BCUT2D eigenvalue weighted by Crippen LogP contribution is 2.53. The van der Waals surface area contributed by atoms with Crippen molar-refractivity contribution in [2.45, 2.75) is 52.4 Å². The molecule has 2 fully saturated rings. The van der Waals surface area contributed by atoms with E-state index in [1.165, 1.54) is 0 Å². The molecule has 0 aromatic heterocycles. The summed E-state index contributed by atoms with van der Waals surface area (Å²) in [7, 11) is 0. The molecule has 108 valence electrons. The van der Waals surface area contributed by atoms with Crippen LogP contribution in [0.4, 0.5) is 0 Å². The summed E-state index contributed by atoms with van der Waals surface area (Å²) in [5, 5.41) is 8.75. The first-order chi connectivity index (χ1) is 8.95. The SMILES string of the molecule is CC(C)C1(C(=O)N2CCCC(CCC(=O)O)C2)CC1. The molecule has 2 aliphatic rings. The van der Waals surface area contributed by atoms with Gasteiger partial charge in [-0.05, 0) is 43.9 Å². The number of carbonyl (C=O) groups is 2. The molecule has 2 rings (SSSR count). The van der Waals surface area contributed by atoms with E-state index < -0.39 is 5.97 Å². The summed E-state index contributed by atoms with van der Waals surface area (Å²) in [5.74, 6) is 0.378. The molecule has 0 aromatic rings. The van der Waals surface area contributed by atoms with Crippen molar-refractivity contribution in [3.63, 3.8) is 0 Å². The number of hydrogen-bond donors (Lipinski definition) is 1. The molecule has 1 N–H and O–H groups in total. The third-order valence-corrected chi connectivity index (χ3v) is 4.89. The highest BCUT2D eigenvalue weighted by molar-refractivity contribution is 5.85. The van der Waals surface area contributed by atoms with Crippen molar-refractivity contribution < 1.29 is 14.7 Å². The molecule has 4 nitrogen and oxygen atoms in total. The smallest absolute Gasteiger partial charge is 0.303 e. The quantitative estimate of drug-likeness (QED) is 0.832. The van der Waals surface area contributed by atoms with Crippen LogP contribution >= 0.6 is 0 Å². The van der Waals surface area contributed by atoms with Crippen molar-refractivity contribution >= 4 is 11.9 Å². The summed E-state index contributed by atoms with van der Waals surface area (Å²) in [4.78, 5) is 25.3. The fraction of sp³-hybridized carbons (Fsp3) is 0.867. The van der Waals surface area contributed by atoms with E-state index in [2.05, 4.69) is 13.8 Å². The zero-order valence-electron chi connectivity index (χ0n) is 12.0. The summed E-state index contributed by atoms with van der Waals surface area (Å²) in [6, 6.07) is 0. The van der Waals surface area contributed by atoms with Gasteiger partial charge in [-0.3, -0.25) is 9.59 Å². The number of aliphatic carboxylic acids is 1. The number of piperidine rings is 1. The number of nitrogens with zero attached hydrogens (tertiary/aromatic N) is 1. The molecular weight excluding hydrogens is 242 g/mol. The predicted octanol–water partition coefficient (Wildman–Crippen LogP) is 2.53. The van der Waals surface area contributed by atoms with Gasteiger partial charge in [-0.1, -0.05) is 13.8 Å². The van der Waals surface area contributed by atoms with Crippen molar-refractivity contribution in [2.75, 3.05) is 13.1 Å². The van der Waals surface area contributed by atoms with Crippen LogP contribution in [-0.2, 0) is 9.59 Å². The molecule has 1 heterocycles. The van der Waals surface area contributed by atoms with Gasteiger partial charge in [-0.15, -0.1) is 0 Å². The van der Waals surface area contributed by atoms with Crippen LogP contribution < -0.4 is 0 Å². The lowest BCUT2D eigenvalue weighted by atomic mass is 9.88. The molecule has 4 heteroatoms. The molecular formula is C15H25NO3. The molecule has 1 aliphatic carbocycles. The molecule has 1 aliphatic heterocycles. The van der Waals surface area contributed by atoms with Crippen LogP contribution in [0, 0.1) is 17.3 Å². The Kier molecular flexibility index (Phi) is 4.16. The van der Waals surface area contributed by atoms with Crippen LogP contribution in [0.3, 0.4) is 0 Å². The van der Waals surface area contributed by atoms with E-state index in [4.69, 9.17) is 5.11 Å². The summed E-state index contributed by atoms with van der Waals surface area (Å²) >= 11 is 0. The van der Waals surface area contributed by atoms with E-state index >= 15 is 0 Å². The average molecular weight is 267 g/mol. The Labute approximate surface area is 115 Å². The van der Waals surface area contributed by atoms with Gasteiger partial charge in [-0.25, -0.2) is 0 Å². The number of amides is 1. The number of carboxylic acids is 1. The largest absolute Gasteiger partial charge is 0.481 e. The standard InChI is InChI=1S/C15H25NO3/c1-11(2)15(7-8-15)14(19)16-9-3-4-12(10-16)5-6-13(17)18/h11-12H,3-10H2,1-2H3,(H,17,18). The minimum atomic E-state index is -0.732. The van der Waals surface area contributed by atoms with Gasteiger partial charge < -0.3 is 10.0 Å². The van der Waals surface area contributed by atoms with E-state index in [1.807, 2.05) is 4.90 Å². The minimum absolute atomic E-state index is 0.0886. The van der Waals surface area contributed by atoms with E-state index in [0.717, 1.165) is 38.8 Å². The Morgan fingerprint density at radius 3 is 2.58 bits per heavy atom. The lowest BCUT2D eigenvalue weighted by Crippen LogP contribution is -2.45. The molecule has 0 aromatic carbocycles. The molecule has 1 unspecified atom stereocenters. The molecule has 1 atom stereocenters. The zero-order valence-corrected chi connectivity index (χ0v) is 12.0. The Morgan fingerprint density at radius 1 is 1.37 bits per heavy atom. The van der Waals surface area contributed by atoms with Gasteiger partial charge in [0.2, 0.25) is 5.91 Å². The van der Waals surface area contributed by atoms with Crippen molar-refractivity contribution in [1.29, 1.82) is 0 Å². The average Bonchev–Trinajstić information content (AvgIpc) is 3.17. The first-order valence-electron chi connectivity index (χ1n) is 7.47. The second-order valence-corrected chi connectivity index (χ2v) is 6.50. The third kappa shape index (κ3) is 3.10. The highest BCUT2D eigenvalue weighted by atomic mass is 16.4. The maximum Gasteiger partial charge on any atom is 0.303 e. The summed E-state index contributed by atoms with van der Waals surface area (Å²) < 4.78 is 0. The molecule has 0 spiro atoms. The maximum atomic E-state index is 12.6. The van der Waals surface area contributed by atoms with Crippen LogP contribution in [-0.4, -0.2) is 35.0 Å². The fourth-order valence-electron chi connectivity index (χ4n) is 3.30. The van der Waals surface area contributed by atoms with Crippen molar-refractivity contribution in [3.05, 3.63) is 0 Å².